The lowest BCUT2D eigenvalue weighted by Crippen LogP contribution is -2.62. The predicted molar refractivity (Wildman–Crippen MR) is 127 cm³/mol. The Hall–Kier alpha value is -1.95. The van der Waals surface area contributed by atoms with Crippen LogP contribution in [0.3, 0.4) is 0 Å². The maximum absolute atomic E-state index is 12.2. The molecule has 1 saturated carbocycles. The van der Waals surface area contributed by atoms with Gasteiger partial charge in [0.2, 0.25) is 0 Å². The highest BCUT2D eigenvalue weighted by atomic mass is 35.5. The zero-order valence-electron chi connectivity index (χ0n) is 20.0. The topological polar surface area (TPSA) is 70.1 Å². The Labute approximate surface area is 196 Å². The molecular weight excluding hydrogens is 428 g/mol. The number of carboxylic acid groups (broad SMARTS) is 1. The van der Waals surface area contributed by atoms with Gasteiger partial charge in [-0.1, -0.05) is 32.4 Å². The van der Waals surface area contributed by atoms with Gasteiger partial charge in [0.1, 0.15) is 5.75 Å². The van der Waals surface area contributed by atoms with Crippen molar-refractivity contribution in [2.75, 3.05) is 33.8 Å². The van der Waals surface area contributed by atoms with Crippen molar-refractivity contribution in [1.29, 1.82) is 0 Å². The van der Waals surface area contributed by atoms with E-state index in [-0.39, 0.29) is 22.2 Å². The Morgan fingerprint density at radius 3 is 2.28 bits per heavy atom. The standard InChI is InChI=1S/C25H37ClN2O4/c1-23(2,3)25(11-10-24(25)12-14-28(15-13-24)22(30)31)9-6-16-32-18-7-8-19(20(26)17-18)21(29)27(4)5/h7-8,17H,6,9-16H2,1-5H3,(H,30,31). The summed E-state index contributed by atoms with van der Waals surface area (Å²) in [5.74, 6) is 0.547. The largest absolute Gasteiger partial charge is 0.494 e. The molecule has 1 aliphatic carbocycles. The number of piperidine rings is 1. The van der Waals surface area contributed by atoms with Crippen LogP contribution in [0.2, 0.25) is 5.02 Å². The summed E-state index contributed by atoms with van der Waals surface area (Å²) in [6, 6.07) is 5.23. The fraction of sp³-hybridized carbons (Fsp3) is 0.680. The number of carbonyl (C=O) groups is 2. The van der Waals surface area contributed by atoms with E-state index in [2.05, 4.69) is 20.8 Å². The van der Waals surface area contributed by atoms with Crippen LogP contribution in [0, 0.1) is 16.2 Å². The summed E-state index contributed by atoms with van der Waals surface area (Å²) in [7, 11) is 3.40. The fourth-order valence-electron chi connectivity index (χ4n) is 6.13. The average molecular weight is 465 g/mol. The molecule has 1 spiro atoms. The fourth-order valence-corrected chi connectivity index (χ4v) is 6.39. The molecular formula is C25H37ClN2O4. The van der Waals surface area contributed by atoms with Gasteiger partial charge in [-0.2, -0.15) is 0 Å². The lowest BCUT2D eigenvalue weighted by molar-refractivity contribution is -0.186. The van der Waals surface area contributed by atoms with E-state index in [1.165, 1.54) is 17.7 Å². The molecule has 0 aromatic heterocycles. The summed E-state index contributed by atoms with van der Waals surface area (Å²) in [6.07, 6.45) is 5.48. The zero-order valence-corrected chi connectivity index (χ0v) is 20.8. The highest BCUT2D eigenvalue weighted by Crippen LogP contribution is 2.71. The average Bonchev–Trinajstić information content (AvgIpc) is 2.71. The van der Waals surface area contributed by atoms with Crippen LogP contribution in [0.4, 0.5) is 4.79 Å². The van der Waals surface area contributed by atoms with Gasteiger partial charge >= 0.3 is 6.09 Å². The number of ether oxygens (including phenoxy) is 1. The van der Waals surface area contributed by atoms with Crippen LogP contribution >= 0.6 is 11.6 Å². The van der Waals surface area contributed by atoms with Gasteiger partial charge in [0.25, 0.3) is 5.91 Å². The highest BCUT2D eigenvalue weighted by molar-refractivity contribution is 6.34. The molecule has 1 aromatic rings. The molecule has 178 valence electrons. The first kappa shape index (κ1) is 24.7. The number of halogens is 1. The second kappa shape index (κ2) is 9.12. The van der Waals surface area contributed by atoms with Crippen molar-refractivity contribution in [2.45, 2.75) is 59.3 Å². The van der Waals surface area contributed by atoms with Crippen LogP contribution in [0.15, 0.2) is 18.2 Å². The van der Waals surface area contributed by atoms with Crippen LogP contribution in [0.1, 0.15) is 69.7 Å². The summed E-state index contributed by atoms with van der Waals surface area (Å²) in [5, 5.41) is 9.74. The van der Waals surface area contributed by atoms with Gasteiger partial charge in [-0.3, -0.25) is 4.79 Å². The lowest BCUT2D eigenvalue weighted by atomic mass is 9.38. The van der Waals surface area contributed by atoms with E-state index in [1.807, 2.05) is 0 Å². The van der Waals surface area contributed by atoms with Crippen LogP contribution in [-0.4, -0.2) is 60.7 Å². The molecule has 1 aromatic carbocycles. The molecule has 0 bridgehead atoms. The SMILES string of the molecule is CN(C)C(=O)c1ccc(OCCCC2(C(C)(C)C)CCC23CCN(C(=O)O)CC3)cc1Cl. The van der Waals surface area contributed by atoms with Gasteiger partial charge < -0.3 is 19.6 Å². The molecule has 1 heterocycles. The van der Waals surface area contributed by atoms with E-state index in [9.17, 15) is 14.7 Å². The number of benzene rings is 1. The molecule has 1 saturated heterocycles. The van der Waals surface area contributed by atoms with Crippen molar-refractivity contribution in [1.82, 2.24) is 9.80 Å². The van der Waals surface area contributed by atoms with E-state index < -0.39 is 6.09 Å². The van der Waals surface area contributed by atoms with E-state index >= 15 is 0 Å². The van der Waals surface area contributed by atoms with Crippen LogP contribution in [0.25, 0.3) is 0 Å². The maximum atomic E-state index is 12.2. The van der Waals surface area contributed by atoms with Crippen molar-refractivity contribution in [3.63, 3.8) is 0 Å². The number of hydrogen-bond donors (Lipinski definition) is 1. The zero-order chi connectivity index (χ0) is 23.7. The summed E-state index contributed by atoms with van der Waals surface area (Å²) in [4.78, 5) is 26.6. The van der Waals surface area contributed by atoms with Crippen LogP contribution in [0.5, 0.6) is 5.75 Å². The Kier molecular flexibility index (Phi) is 7.04. The molecule has 1 aliphatic heterocycles. The van der Waals surface area contributed by atoms with Gasteiger partial charge in [0, 0.05) is 27.2 Å². The number of carbonyl (C=O) groups excluding carboxylic acids is 1. The molecule has 2 aliphatic rings. The Morgan fingerprint density at radius 2 is 1.81 bits per heavy atom. The number of likely N-dealkylation sites (tertiary alicyclic amines) is 1. The Balaban J connectivity index is 1.61. The predicted octanol–water partition coefficient (Wildman–Crippen LogP) is 5.79. The van der Waals surface area contributed by atoms with E-state index in [0.29, 0.717) is 36.0 Å². The minimum Gasteiger partial charge on any atom is -0.494 e. The summed E-state index contributed by atoms with van der Waals surface area (Å²) < 4.78 is 5.99. The van der Waals surface area contributed by atoms with E-state index in [0.717, 1.165) is 25.7 Å². The first-order valence-corrected chi connectivity index (χ1v) is 11.9. The normalized spacial score (nSPS) is 22.4. The van der Waals surface area contributed by atoms with Crippen LogP contribution in [-0.2, 0) is 0 Å². The molecule has 1 unspecified atom stereocenters. The molecule has 2 fully saturated rings. The number of rotatable bonds is 6. The highest BCUT2D eigenvalue weighted by Gasteiger charge is 2.63. The second-order valence-electron chi connectivity index (χ2n) is 10.7. The Bertz CT molecular complexity index is 856. The molecule has 1 N–H and O–H groups in total. The summed E-state index contributed by atoms with van der Waals surface area (Å²) >= 11 is 6.30. The van der Waals surface area contributed by atoms with Crippen molar-refractivity contribution < 1.29 is 19.4 Å². The third kappa shape index (κ3) is 4.43. The van der Waals surface area contributed by atoms with Gasteiger partial charge in [-0.15, -0.1) is 0 Å². The van der Waals surface area contributed by atoms with Crippen molar-refractivity contribution in [3.8, 4) is 5.75 Å². The first-order valence-electron chi connectivity index (χ1n) is 11.5. The maximum Gasteiger partial charge on any atom is 0.407 e. The van der Waals surface area contributed by atoms with Crippen molar-refractivity contribution >= 4 is 23.6 Å². The molecule has 0 radical (unpaired) electrons. The van der Waals surface area contributed by atoms with Crippen molar-refractivity contribution in [3.05, 3.63) is 28.8 Å². The number of hydrogen-bond acceptors (Lipinski definition) is 3. The Morgan fingerprint density at radius 1 is 1.16 bits per heavy atom. The first-order chi connectivity index (χ1) is 14.9. The molecule has 3 rings (SSSR count). The van der Waals surface area contributed by atoms with Gasteiger partial charge in [-0.05, 0) is 73.0 Å². The van der Waals surface area contributed by atoms with Gasteiger partial charge in [0.05, 0.1) is 17.2 Å². The molecule has 7 heteroatoms. The van der Waals surface area contributed by atoms with Gasteiger partial charge in [-0.25, -0.2) is 4.79 Å². The van der Waals surface area contributed by atoms with Crippen molar-refractivity contribution in [2.24, 2.45) is 16.2 Å². The molecule has 2 amide bonds. The third-order valence-electron chi connectivity index (χ3n) is 8.07. The number of amides is 2. The minimum absolute atomic E-state index is 0.127. The van der Waals surface area contributed by atoms with E-state index in [4.69, 9.17) is 16.3 Å². The molecule has 1 atom stereocenters. The second-order valence-corrected chi connectivity index (χ2v) is 11.1. The monoisotopic (exact) mass is 464 g/mol. The van der Waals surface area contributed by atoms with E-state index in [1.54, 1.807) is 37.2 Å². The van der Waals surface area contributed by atoms with Crippen LogP contribution < -0.4 is 4.74 Å². The summed E-state index contributed by atoms with van der Waals surface area (Å²) in [6.45, 7) is 8.86. The molecule has 6 nitrogen and oxygen atoms in total. The molecule has 32 heavy (non-hydrogen) atoms. The number of nitrogens with zero attached hydrogens (tertiary/aromatic N) is 2. The van der Waals surface area contributed by atoms with Gasteiger partial charge in [0.15, 0.2) is 0 Å². The lowest BCUT2D eigenvalue weighted by Gasteiger charge is -2.68. The smallest absolute Gasteiger partial charge is 0.407 e. The quantitative estimate of drug-likeness (QED) is 0.541. The third-order valence-corrected chi connectivity index (χ3v) is 8.38. The summed E-state index contributed by atoms with van der Waals surface area (Å²) in [5.41, 5.74) is 1.05. The minimum atomic E-state index is -0.800.